The zero-order valence-electron chi connectivity index (χ0n) is 10.5. The Morgan fingerprint density at radius 3 is 2.56 bits per heavy atom. The second-order valence-electron chi connectivity index (χ2n) is 5.88. The fourth-order valence-electron chi connectivity index (χ4n) is 3.15. The van der Waals surface area contributed by atoms with Gasteiger partial charge in [0.15, 0.2) is 0 Å². The quantitative estimate of drug-likeness (QED) is 0.694. The van der Waals surface area contributed by atoms with E-state index in [2.05, 4.69) is 18.7 Å². The van der Waals surface area contributed by atoms with Crippen molar-refractivity contribution in [3.8, 4) is 0 Å². The molecule has 0 aromatic rings. The van der Waals surface area contributed by atoms with E-state index in [-0.39, 0.29) is 11.7 Å². The summed E-state index contributed by atoms with van der Waals surface area (Å²) in [6.07, 6.45) is 7.16. The maximum atomic E-state index is 5.97. The molecular formula is C13H24ClNO. The zero-order chi connectivity index (χ0) is 11.6. The summed E-state index contributed by atoms with van der Waals surface area (Å²) in [5.41, 5.74) is -0.0325. The molecule has 94 valence electrons. The van der Waals surface area contributed by atoms with Gasteiger partial charge in [0.2, 0.25) is 0 Å². The summed E-state index contributed by atoms with van der Waals surface area (Å²) >= 11 is 5.96. The van der Waals surface area contributed by atoms with Crippen molar-refractivity contribution in [1.29, 1.82) is 0 Å². The average molecular weight is 246 g/mol. The summed E-state index contributed by atoms with van der Waals surface area (Å²) in [5.74, 6) is 0.618. The van der Waals surface area contributed by atoms with Crippen LogP contribution in [0.2, 0.25) is 0 Å². The average Bonchev–Trinajstić information content (AvgIpc) is 2.28. The van der Waals surface area contributed by atoms with Crippen LogP contribution in [0, 0.1) is 0 Å². The van der Waals surface area contributed by atoms with Crippen LogP contribution in [0.15, 0.2) is 0 Å². The molecule has 1 aliphatic carbocycles. The Labute approximate surface area is 104 Å². The van der Waals surface area contributed by atoms with E-state index in [1.54, 1.807) is 0 Å². The summed E-state index contributed by atoms with van der Waals surface area (Å²) < 4.78 is 5.97. The van der Waals surface area contributed by atoms with Gasteiger partial charge in [-0.1, -0.05) is 19.3 Å². The first-order valence-electron chi connectivity index (χ1n) is 6.58. The normalized spacial score (nSPS) is 32.8. The molecule has 0 N–H and O–H groups in total. The minimum Gasteiger partial charge on any atom is -0.368 e. The first-order chi connectivity index (χ1) is 7.61. The molecule has 2 aliphatic rings. The lowest BCUT2D eigenvalue weighted by Gasteiger charge is -2.46. The van der Waals surface area contributed by atoms with E-state index in [4.69, 9.17) is 16.3 Å². The van der Waals surface area contributed by atoms with E-state index in [0.717, 1.165) is 19.1 Å². The zero-order valence-corrected chi connectivity index (χ0v) is 11.3. The number of alkyl halides is 1. The first-order valence-corrected chi connectivity index (χ1v) is 7.12. The van der Waals surface area contributed by atoms with E-state index in [9.17, 15) is 0 Å². The Balaban J connectivity index is 1.97. The molecule has 1 unspecified atom stereocenters. The number of nitrogens with zero attached hydrogens (tertiary/aromatic N) is 1. The van der Waals surface area contributed by atoms with Crippen molar-refractivity contribution in [2.45, 2.75) is 63.7 Å². The number of hydrogen-bond donors (Lipinski definition) is 0. The van der Waals surface area contributed by atoms with Crippen LogP contribution in [0.1, 0.15) is 46.0 Å². The minimum absolute atomic E-state index is 0.0325. The first kappa shape index (κ1) is 12.7. The van der Waals surface area contributed by atoms with Gasteiger partial charge in [0.25, 0.3) is 0 Å². The smallest absolute Gasteiger partial charge is 0.0845 e. The molecule has 0 spiro atoms. The third-order valence-corrected chi connectivity index (χ3v) is 4.12. The molecule has 0 aromatic heterocycles. The highest BCUT2D eigenvalue weighted by molar-refractivity contribution is 6.18. The monoisotopic (exact) mass is 245 g/mol. The number of halogens is 1. The van der Waals surface area contributed by atoms with Crippen LogP contribution in [0.5, 0.6) is 0 Å². The molecular weight excluding hydrogens is 222 g/mol. The molecule has 1 saturated carbocycles. The van der Waals surface area contributed by atoms with Crippen LogP contribution in [0.3, 0.4) is 0 Å². The SMILES string of the molecule is CC1(C)CN(C2CCCCC2)CC(CCl)O1. The van der Waals surface area contributed by atoms with Gasteiger partial charge in [0.1, 0.15) is 0 Å². The lowest BCUT2D eigenvalue weighted by molar-refractivity contribution is -0.138. The second kappa shape index (κ2) is 5.24. The van der Waals surface area contributed by atoms with Crippen molar-refractivity contribution >= 4 is 11.6 Å². The predicted molar refractivity (Wildman–Crippen MR) is 68.1 cm³/mol. The van der Waals surface area contributed by atoms with Crippen LogP contribution >= 0.6 is 11.6 Å². The van der Waals surface area contributed by atoms with Gasteiger partial charge < -0.3 is 4.74 Å². The number of hydrogen-bond acceptors (Lipinski definition) is 2. The largest absolute Gasteiger partial charge is 0.368 e. The number of morpholine rings is 1. The van der Waals surface area contributed by atoms with Gasteiger partial charge in [0.05, 0.1) is 11.7 Å². The Bertz CT molecular complexity index is 226. The van der Waals surface area contributed by atoms with Crippen LogP contribution in [-0.4, -0.2) is 41.6 Å². The topological polar surface area (TPSA) is 12.5 Å². The minimum atomic E-state index is -0.0325. The molecule has 0 amide bonds. The summed E-state index contributed by atoms with van der Waals surface area (Å²) in [6.45, 7) is 6.45. The molecule has 2 rings (SSSR count). The molecule has 1 heterocycles. The van der Waals surface area contributed by atoms with Crippen molar-refractivity contribution < 1.29 is 4.74 Å². The van der Waals surface area contributed by atoms with Gasteiger partial charge in [-0.15, -0.1) is 11.6 Å². The lowest BCUT2D eigenvalue weighted by Crippen LogP contribution is -2.56. The number of rotatable bonds is 2. The molecule has 2 nitrogen and oxygen atoms in total. The summed E-state index contributed by atoms with van der Waals surface area (Å²) in [5, 5.41) is 0. The van der Waals surface area contributed by atoms with Crippen molar-refractivity contribution in [3.05, 3.63) is 0 Å². The third-order valence-electron chi connectivity index (χ3n) is 3.77. The molecule has 16 heavy (non-hydrogen) atoms. The van der Waals surface area contributed by atoms with Crippen molar-refractivity contribution in [2.24, 2.45) is 0 Å². The Morgan fingerprint density at radius 1 is 1.25 bits per heavy atom. The predicted octanol–water partition coefficient (Wildman–Crippen LogP) is 3.04. The maximum Gasteiger partial charge on any atom is 0.0845 e. The second-order valence-corrected chi connectivity index (χ2v) is 6.18. The molecule has 0 bridgehead atoms. The van der Waals surface area contributed by atoms with Crippen molar-refractivity contribution in [3.63, 3.8) is 0 Å². The summed E-state index contributed by atoms with van der Waals surface area (Å²) in [4.78, 5) is 2.62. The fourth-order valence-corrected chi connectivity index (χ4v) is 3.31. The maximum absolute atomic E-state index is 5.97. The molecule has 2 fully saturated rings. The molecule has 1 atom stereocenters. The highest BCUT2D eigenvalue weighted by Crippen LogP contribution is 2.29. The van der Waals surface area contributed by atoms with Gasteiger partial charge in [-0.2, -0.15) is 0 Å². The van der Waals surface area contributed by atoms with Crippen LogP contribution < -0.4 is 0 Å². The Hall–Kier alpha value is 0.210. The van der Waals surface area contributed by atoms with E-state index in [1.807, 2.05) is 0 Å². The molecule has 0 aromatic carbocycles. The van der Waals surface area contributed by atoms with Crippen LogP contribution in [-0.2, 0) is 4.74 Å². The van der Waals surface area contributed by atoms with Crippen molar-refractivity contribution in [1.82, 2.24) is 4.90 Å². The third kappa shape index (κ3) is 3.12. The molecule has 0 radical (unpaired) electrons. The Kier molecular flexibility index (Phi) is 4.15. The van der Waals surface area contributed by atoms with Gasteiger partial charge >= 0.3 is 0 Å². The van der Waals surface area contributed by atoms with Gasteiger partial charge in [-0.25, -0.2) is 0 Å². The van der Waals surface area contributed by atoms with Gasteiger partial charge in [-0.3, -0.25) is 4.90 Å². The van der Waals surface area contributed by atoms with E-state index in [1.165, 1.54) is 32.1 Å². The highest BCUT2D eigenvalue weighted by atomic mass is 35.5. The van der Waals surface area contributed by atoms with Crippen molar-refractivity contribution in [2.75, 3.05) is 19.0 Å². The number of ether oxygens (including phenoxy) is 1. The summed E-state index contributed by atoms with van der Waals surface area (Å²) in [6, 6.07) is 0.780. The Morgan fingerprint density at radius 2 is 1.94 bits per heavy atom. The van der Waals surface area contributed by atoms with Crippen LogP contribution in [0.4, 0.5) is 0 Å². The standard InChI is InChI=1S/C13H24ClNO/c1-13(2)10-15(9-12(8-14)16-13)11-6-4-3-5-7-11/h11-12H,3-10H2,1-2H3. The fraction of sp³-hybridized carbons (Fsp3) is 1.00. The van der Waals surface area contributed by atoms with Gasteiger partial charge in [0, 0.05) is 25.0 Å². The molecule has 1 aliphatic heterocycles. The summed E-state index contributed by atoms with van der Waals surface area (Å²) in [7, 11) is 0. The van der Waals surface area contributed by atoms with Crippen LogP contribution in [0.25, 0.3) is 0 Å². The van der Waals surface area contributed by atoms with E-state index < -0.39 is 0 Å². The van der Waals surface area contributed by atoms with E-state index in [0.29, 0.717) is 5.88 Å². The molecule has 3 heteroatoms. The highest BCUT2D eigenvalue weighted by Gasteiger charge is 2.36. The van der Waals surface area contributed by atoms with Gasteiger partial charge in [-0.05, 0) is 26.7 Å². The van der Waals surface area contributed by atoms with E-state index >= 15 is 0 Å². The lowest BCUT2D eigenvalue weighted by atomic mass is 9.92. The molecule has 1 saturated heterocycles.